The molecule has 2 aromatic rings. The Morgan fingerprint density at radius 2 is 2.09 bits per heavy atom. The summed E-state index contributed by atoms with van der Waals surface area (Å²) in [5, 5.41) is 7.68. The van der Waals surface area contributed by atoms with Crippen LogP contribution >= 0.6 is 0 Å². The number of nitrogens with zero attached hydrogens (tertiary/aromatic N) is 4. The van der Waals surface area contributed by atoms with Crippen LogP contribution in [-0.2, 0) is 18.5 Å². The van der Waals surface area contributed by atoms with E-state index in [1.165, 1.54) is 6.04 Å². The van der Waals surface area contributed by atoms with Crippen molar-refractivity contribution in [1.82, 2.24) is 14.5 Å². The maximum atomic E-state index is 5.89. The van der Waals surface area contributed by atoms with Crippen LogP contribution in [0.5, 0.6) is 0 Å². The summed E-state index contributed by atoms with van der Waals surface area (Å²) in [6, 6.07) is 3.23. The van der Waals surface area contributed by atoms with Crippen molar-refractivity contribution in [2.24, 2.45) is 7.05 Å². The first kappa shape index (κ1) is 16.8. The van der Waals surface area contributed by atoms with Crippen LogP contribution in [0.1, 0.15) is 5.56 Å². The Morgan fingerprint density at radius 3 is 2.73 bits per heavy atom. The van der Waals surface area contributed by atoms with E-state index in [4.69, 9.17) is 4.74 Å². The fraction of sp³-hybridized carbons (Fsp3) is 0.600. The minimum atomic E-state index is -1.05. The number of aryl methyl sites for hydroxylation is 2. The average Bonchev–Trinajstić information content (AvgIpc) is 2.97. The minimum absolute atomic E-state index is 0.533. The van der Waals surface area contributed by atoms with Crippen LogP contribution in [0.15, 0.2) is 18.5 Å². The second kappa shape index (κ2) is 6.66. The van der Waals surface area contributed by atoms with Gasteiger partial charge in [-0.1, -0.05) is 19.6 Å². The topological polar surface area (TPSA) is 47.9 Å². The van der Waals surface area contributed by atoms with Crippen molar-refractivity contribution in [3.63, 3.8) is 0 Å². The summed E-state index contributed by atoms with van der Waals surface area (Å²) < 4.78 is 11.9. The SMILES string of the molecule is CNc1c(C)cnn1-c1cc[n+](C)n1COCC[Si](C)(C)C. The van der Waals surface area contributed by atoms with Crippen molar-refractivity contribution < 1.29 is 9.42 Å². The number of ether oxygens (including phenoxy) is 1. The smallest absolute Gasteiger partial charge is 0.199 e. The van der Waals surface area contributed by atoms with Gasteiger partial charge in [-0.05, 0) is 13.0 Å². The fourth-order valence-corrected chi connectivity index (χ4v) is 3.03. The lowest BCUT2D eigenvalue weighted by molar-refractivity contribution is -0.756. The lowest BCUT2D eigenvalue weighted by atomic mass is 10.4. The Hall–Kier alpha value is -1.60. The summed E-state index contributed by atoms with van der Waals surface area (Å²) in [5.74, 6) is 2.00. The van der Waals surface area contributed by atoms with Crippen molar-refractivity contribution >= 4 is 13.9 Å². The zero-order chi connectivity index (χ0) is 16.3. The molecule has 0 bridgehead atoms. The highest BCUT2D eigenvalue weighted by Gasteiger charge is 2.18. The van der Waals surface area contributed by atoms with E-state index in [0.717, 1.165) is 23.8 Å². The molecule has 122 valence electrons. The molecular weight excluding hydrogens is 294 g/mol. The molecule has 0 aromatic carbocycles. The molecule has 0 fully saturated rings. The van der Waals surface area contributed by atoms with E-state index >= 15 is 0 Å². The minimum Gasteiger partial charge on any atom is -0.373 e. The molecule has 2 heterocycles. The molecule has 0 unspecified atom stereocenters. The average molecular weight is 323 g/mol. The monoisotopic (exact) mass is 322 g/mol. The lowest BCUT2D eigenvalue weighted by Crippen LogP contribution is -2.40. The quantitative estimate of drug-likeness (QED) is 0.483. The van der Waals surface area contributed by atoms with Gasteiger partial charge in [-0.15, -0.1) is 9.36 Å². The van der Waals surface area contributed by atoms with Gasteiger partial charge in [-0.2, -0.15) is 9.78 Å². The Labute approximate surface area is 133 Å². The van der Waals surface area contributed by atoms with E-state index in [9.17, 15) is 0 Å². The molecule has 0 aliphatic rings. The number of hydrogen-bond acceptors (Lipinski definition) is 3. The molecule has 0 radical (unpaired) electrons. The van der Waals surface area contributed by atoms with Crippen LogP contribution in [0.25, 0.3) is 5.82 Å². The molecule has 0 aliphatic heterocycles. The van der Waals surface area contributed by atoms with Gasteiger partial charge in [0.2, 0.25) is 0 Å². The van der Waals surface area contributed by atoms with E-state index in [2.05, 4.69) is 40.8 Å². The summed E-state index contributed by atoms with van der Waals surface area (Å²) >= 11 is 0. The maximum Gasteiger partial charge on any atom is 0.199 e. The van der Waals surface area contributed by atoms with E-state index in [0.29, 0.717) is 6.73 Å². The zero-order valence-electron chi connectivity index (χ0n) is 14.6. The fourth-order valence-electron chi connectivity index (χ4n) is 2.28. The van der Waals surface area contributed by atoms with Crippen LogP contribution in [0.3, 0.4) is 0 Å². The summed E-state index contributed by atoms with van der Waals surface area (Å²) in [5.41, 5.74) is 1.12. The first-order valence-electron chi connectivity index (χ1n) is 7.69. The van der Waals surface area contributed by atoms with Crippen molar-refractivity contribution in [2.75, 3.05) is 19.0 Å². The molecule has 22 heavy (non-hydrogen) atoms. The predicted octanol–water partition coefficient (Wildman–Crippen LogP) is 2.16. The molecule has 6 nitrogen and oxygen atoms in total. The molecule has 0 saturated carbocycles. The first-order chi connectivity index (χ1) is 10.3. The zero-order valence-corrected chi connectivity index (χ0v) is 15.6. The summed E-state index contributed by atoms with van der Waals surface area (Å²) in [7, 11) is 2.88. The first-order valence-corrected chi connectivity index (χ1v) is 11.4. The van der Waals surface area contributed by atoms with Gasteiger partial charge in [0.05, 0.1) is 12.3 Å². The van der Waals surface area contributed by atoms with Gasteiger partial charge in [0.15, 0.2) is 25.8 Å². The Kier molecular flexibility index (Phi) is 5.07. The summed E-state index contributed by atoms with van der Waals surface area (Å²) in [6.45, 7) is 10.5. The molecular formula is C15H28N5OSi+. The Bertz CT molecular complexity index is 626. The number of nitrogens with one attached hydrogen (secondary N) is 1. The third-order valence-corrected chi connectivity index (χ3v) is 5.40. The van der Waals surface area contributed by atoms with E-state index in [1.54, 1.807) is 0 Å². The molecule has 1 N–H and O–H groups in total. The summed E-state index contributed by atoms with van der Waals surface area (Å²) in [6.07, 6.45) is 3.89. The third-order valence-electron chi connectivity index (χ3n) is 3.70. The highest BCUT2D eigenvalue weighted by atomic mass is 28.3. The van der Waals surface area contributed by atoms with Gasteiger partial charge in [0, 0.05) is 27.3 Å². The number of anilines is 1. The second-order valence-corrected chi connectivity index (χ2v) is 12.5. The highest BCUT2D eigenvalue weighted by Crippen LogP contribution is 2.18. The van der Waals surface area contributed by atoms with Crippen LogP contribution in [-0.4, -0.2) is 36.2 Å². The lowest BCUT2D eigenvalue weighted by Gasteiger charge is -2.15. The van der Waals surface area contributed by atoms with E-state index in [1.807, 2.05) is 42.8 Å². The van der Waals surface area contributed by atoms with Crippen molar-refractivity contribution in [2.45, 2.75) is 39.3 Å². The van der Waals surface area contributed by atoms with Crippen LogP contribution in [0.4, 0.5) is 5.82 Å². The molecule has 0 atom stereocenters. The number of hydrogen-bond donors (Lipinski definition) is 1. The van der Waals surface area contributed by atoms with Crippen molar-refractivity contribution in [1.29, 1.82) is 0 Å². The predicted molar refractivity (Wildman–Crippen MR) is 91.1 cm³/mol. The molecule has 7 heteroatoms. The maximum absolute atomic E-state index is 5.89. The molecule has 0 spiro atoms. The molecule has 0 aliphatic carbocycles. The van der Waals surface area contributed by atoms with Gasteiger partial charge in [0.25, 0.3) is 0 Å². The molecule has 0 saturated heterocycles. The second-order valence-electron chi connectivity index (χ2n) is 6.83. The standard InChI is InChI=1S/C15H28N5OSi/c1-13-11-17-20(15(13)16-2)14-7-8-18(3)19(14)12-21-9-10-22(4,5)6/h7-8,11,16H,9-10,12H2,1-6H3/q+1. The van der Waals surface area contributed by atoms with Gasteiger partial charge in [-0.25, -0.2) is 0 Å². The number of rotatable bonds is 7. The third kappa shape index (κ3) is 3.78. The van der Waals surface area contributed by atoms with Crippen LogP contribution in [0, 0.1) is 6.92 Å². The largest absolute Gasteiger partial charge is 0.373 e. The molecule has 2 aromatic heterocycles. The number of aromatic nitrogens is 4. The van der Waals surface area contributed by atoms with Gasteiger partial charge >= 0.3 is 0 Å². The van der Waals surface area contributed by atoms with Crippen LogP contribution < -0.4 is 10.00 Å². The van der Waals surface area contributed by atoms with Gasteiger partial charge < -0.3 is 10.1 Å². The van der Waals surface area contributed by atoms with Crippen molar-refractivity contribution in [3.8, 4) is 5.82 Å². The Balaban J connectivity index is 2.14. The summed E-state index contributed by atoms with van der Waals surface area (Å²) in [4.78, 5) is 0. The van der Waals surface area contributed by atoms with E-state index in [-0.39, 0.29) is 0 Å². The normalized spacial score (nSPS) is 11.9. The highest BCUT2D eigenvalue weighted by molar-refractivity contribution is 6.76. The molecule has 0 amide bonds. The van der Waals surface area contributed by atoms with Crippen molar-refractivity contribution in [3.05, 3.63) is 24.0 Å². The van der Waals surface area contributed by atoms with Gasteiger partial charge in [-0.3, -0.25) is 0 Å². The Morgan fingerprint density at radius 1 is 1.36 bits per heavy atom. The van der Waals surface area contributed by atoms with Gasteiger partial charge in [0.1, 0.15) is 5.82 Å². The van der Waals surface area contributed by atoms with Crippen LogP contribution in [0.2, 0.25) is 25.7 Å². The van der Waals surface area contributed by atoms with E-state index < -0.39 is 8.07 Å². The molecule has 2 rings (SSSR count).